The number of halogens is 1. The lowest BCUT2D eigenvalue weighted by molar-refractivity contribution is 0.445. The van der Waals surface area contributed by atoms with Crippen molar-refractivity contribution in [1.82, 2.24) is 9.62 Å². The van der Waals surface area contributed by atoms with Crippen molar-refractivity contribution >= 4 is 21.6 Å². The molecule has 0 aliphatic carbocycles. The first-order valence-electron chi connectivity index (χ1n) is 8.46. The minimum atomic E-state index is -3.41. The summed E-state index contributed by atoms with van der Waals surface area (Å²) in [7, 11) is -3.41. The Hall–Kier alpha value is -1.40. The highest BCUT2D eigenvalue weighted by Crippen LogP contribution is 2.20. The summed E-state index contributed by atoms with van der Waals surface area (Å²) in [5.41, 5.74) is 2.15. The van der Waals surface area contributed by atoms with Crippen LogP contribution in [0.5, 0.6) is 0 Å². The maximum Gasteiger partial charge on any atom is 0.243 e. The molecule has 2 aromatic carbocycles. The molecule has 136 valence electrons. The quantitative estimate of drug-likeness (QED) is 0.745. The van der Waals surface area contributed by atoms with Gasteiger partial charge in [0.2, 0.25) is 10.0 Å². The first kappa shape index (κ1) is 19.9. The lowest BCUT2D eigenvalue weighted by Gasteiger charge is -2.19. The van der Waals surface area contributed by atoms with E-state index in [1.165, 1.54) is 4.31 Å². The third-order valence-corrected chi connectivity index (χ3v) is 6.52. The Labute approximate surface area is 155 Å². The molecule has 0 unspecified atom stereocenters. The molecule has 0 bridgehead atoms. The van der Waals surface area contributed by atoms with Crippen LogP contribution < -0.4 is 5.32 Å². The average molecular weight is 381 g/mol. The molecule has 0 aliphatic heterocycles. The maximum atomic E-state index is 12.5. The number of nitrogens with zero attached hydrogens (tertiary/aromatic N) is 1. The van der Waals surface area contributed by atoms with Gasteiger partial charge in [-0.3, -0.25) is 0 Å². The second kappa shape index (κ2) is 8.81. The Kier molecular flexibility index (Phi) is 7.02. The van der Waals surface area contributed by atoms with E-state index in [4.69, 9.17) is 11.6 Å². The van der Waals surface area contributed by atoms with Crippen molar-refractivity contribution in [2.45, 2.75) is 38.3 Å². The standard InChI is InChI=1S/C19H25ClN2O2S/c1-4-22(5-2)25(23,24)19-11-9-17(10-12-19)15(3)21-14-16-7-6-8-18(20)13-16/h6-13,15,21H,4-5,14H2,1-3H3/t15-/m0/s1. The Balaban J connectivity index is 2.06. The summed E-state index contributed by atoms with van der Waals surface area (Å²) < 4.78 is 26.5. The van der Waals surface area contributed by atoms with E-state index in [1.54, 1.807) is 12.1 Å². The molecule has 0 aromatic heterocycles. The van der Waals surface area contributed by atoms with E-state index in [0.717, 1.165) is 16.1 Å². The summed E-state index contributed by atoms with van der Waals surface area (Å²) in [6.07, 6.45) is 0. The first-order valence-corrected chi connectivity index (χ1v) is 10.3. The predicted molar refractivity (Wildman–Crippen MR) is 103 cm³/mol. The van der Waals surface area contributed by atoms with Crippen LogP contribution in [0.25, 0.3) is 0 Å². The minimum absolute atomic E-state index is 0.101. The fraction of sp³-hybridized carbons (Fsp3) is 0.368. The second-order valence-electron chi connectivity index (χ2n) is 5.89. The van der Waals surface area contributed by atoms with Crippen LogP contribution in [0.15, 0.2) is 53.4 Å². The van der Waals surface area contributed by atoms with Crippen molar-refractivity contribution in [2.75, 3.05) is 13.1 Å². The van der Waals surface area contributed by atoms with Gasteiger partial charge in [0.15, 0.2) is 0 Å². The van der Waals surface area contributed by atoms with Crippen molar-refractivity contribution in [1.29, 1.82) is 0 Å². The highest BCUT2D eigenvalue weighted by molar-refractivity contribution is 7.89. The molecule has 1 atom stereocenters. The van der Waals surface area contributed by atoms with Crippen molar-refractivity contribution in [3.63, 3.8) is 0 Å². The van der Waals surface area contributed by atoms with Gasteiger partial charge in [0.25, 0.3) is 0 Å². The number of sulfonamides is 1. The SMILES string of the molecule is CCN(CC)S(=O)(=O)c1ccc([C@H](C)NCc2cccc(Cl)c2)cc1. The van der Waals surface area contributed by atoms with Crippen LogP contribution in [0.2, 0.25) is 5.02 Å². The third-order valence-electron chi connectivity index (χ3n) is 4.22. The van der Waals surface area contributed by atoms with Crippen LogP contribution in [-0.2, 0) is 16.6 Å². The van der Waals surface area contributed by atoms with Crippen LogP contribution in [-0.4, -0.2) is 25.8 Å². The fourth-order valence-electron chi connectivity index (χ4n) is 2.68. The van der Waals surface area contributed by atoms with Gasteiger partial charge in [-0.15, -0.1) is 0 Å². The van der Waals surface area contributed by atoms with Gasteiger partial charge < -0.3 is 5.32 Å². The number of rotatable bonds is 8. The lowest BCUT2D eigenvalue weighted by atomic mass is 10.1. The van der Waals surface area contributed by atoms with Crippen molar-refractivity contribution in [3.05, 3.63) is 64.7 Å². The molecule has 2 rings (SSSR count). The topological polar surface area (TPSA) is 49.4 Å². The lowest BCUT2D eigenvalue weighted by Crippen LogP contribution is -2.30. The highest BCUT2D eigenvalue weighted by Gasteiger charge is 2.21. The molecule has 1 N–H and O–H groups in total. The molecule has 0 saturated heterocycles. The number of nitrogens with one attached hydrogen (secondary N) is 1. The van der Waals surface area contributed by atoms with Crippen LogP contribution in [0.1, 0.15) is 37.9 Å². The molecule has 0 fully saturated rings. The van der Waals surface area contributed by atoms with Crippen LogP contribution in [0.3, 0.4) is 0 Å². The van der Waals surface area contributed by atoms with E-state index in [9.17, 15) is 8.42 Å². The zero-order chi connectivity index (χ0) is 18.4. The van der Waals surface area contributed by atoms with Gasteiger partial charge >= 0.3 is 0 Å². The Morgan fingerprint density at radius 3 is 2.28 bits per heavy atom. The van der Waals surface area contributed by atoms with Gasteiger partial charge in [-0.05, 0) is 42.3 Å². The van der Waals surface area contributed by atoms with Gasteiger partial charge in [-0.2, -0.15) is 4.31 Å². The molecule has 6 heteroatoms. The van der Waals surface area contributed by atoms with E-state index in [-0.39, 0.29) is 6.04 Å². The zero-order valence-electron chi connectivity index (χ0n) is 14.9. The summed E-state index contributed by atoms with van der Waals surface area (Å²) >= 11 is 6.00. The van der Waals surface area contributed by atoms with Crippen molar-refractivity contribution in [2.24, 2.45) is 0 Å². The van der Waals surface area contributed by atoms with Gasteiger partial charge in [0.1, 0.15) is 0 Å². The monoisotopic (exact) mass is 380 g/mol. The van der Waals surface area contributed by atoms with Crippen LogP contribution in [0, 0.1) is 0 Å². The molecular weight excluding hydrogens is 356 g/mol. The van der Waals surface area contributed by atoms with E-state index >= 15 is 0 Å². The van der Waals surface area contributed by atoms with Crippen molar-refractivity contribution in [3.8, 4) is 0 Å². The minimum Gasteiger partial charge on any atom is -0.306 e. The number of hydrogen-bond donors (Lipinski definition) is 1. The summed E-state index contributed by atoms with van der Waals surface area (Å²) in [5, 5.41) is 4.15. The van der Waals surface area contributed by atoms with Gasteiger partial charge in [0.05, 0.1) is 4.90 Å². The molecule has 0 radical (unpaired) electrons. The van der Waals surface area contributed by atoms with Crippen LogP contribution in [0.4, 0.5) is 0 Å². The third kappa shape index (κ3) is 5.05. The molecule has 4 nitrogen and oxygen atoms in total. The predicted octanol–water partition coefficient (Wildman–Crippen LogP) is 4.22. The first-order chi connectivity index (χ1) is 11.9. The fourth-order valence-corrected chi connectivity index (χ4v) is 4.35. The molecule has 0 amide bonds. The molecule has 2 aromatic rings. The molecular formula is C19H25ClN2O2S. The van der Waals surface area contributed by atoms with Gasteiger partial charge in [-0.1, -0.05) is 49.7 Å². The van der Waals surface area contributed by atoms with E-state index < -0.39 is 10.0 Å². The zero-order valence-corrected chi connectivity index (χ0v) is 16.4. The molecule has 0 spiro atoms. The van der Waals surface area contributed by atoms with Gasteiger partial charge in [0, 0.05) is 30.7 Å². The van der Waals surface area contributed by atoms with Crippen LogP contribution >= 0.6 is 11.6 Å². The average Bonchev–Trinajstić information content (AvgIpc) is 2.60. The molecule has 0 heterocycles. The van der Waals surface area contributed by atoms with E-state index in [2.05, 4.69) is 12.2 Å². The number of benzene rings is 2. The second-order valence-corrected chi connectivity index (χ2v) is 8.27. The van der Waals surface area contributed by atoms with E-state index in [1.807, 2.05) is 50.2 Å². The van der Waals surface area contributed by atoms with E-state index in [0.29, 0.717) is 24.5 Å². The summed E-state index contributed by atoms with van der Waals surface area (Å²) in [6.45, 7) is 7.38. The van der Waals surface area contributed by atoms with Crippen molar-refractivity contribution < 1.29 is 8.42 Å². The summed E-state index contributed by atoms with van der Waals surface area (Å²) in [4.78, 5) is 0.335. The largest absolute Gasteiger partial charge is 0.306 e. The summed E-state index contributed by atoms with van der Waals surface area (Å²) in [5.74, 6) is 0. The smallest absolute Gasteiger partial charge is 0.243 e. The summed E-state index contributed by atoms with van der Waals surface area (Å²) in [6, 6.07) is 14.9. The molecule has 0 aliphatic rings. The normalized spacial score (nSPS) is 13.2. The molecule has 0 saturated carbocycles. The Bertz CT molecular complexity index is 787. The Morgan fingerprint density at radius 1 is 1.08 bits per heavy atom. The highest BCUT2D eigenvalue weighted by atomic mass is 35.5. The molecule has 25 heavy (non-hydrogen) atoms. The number of hydrogen-bond acceptors (Lipinski definition) is 3. The maximum absolute atomic E-state index is 12.5. The van der Waals surface area contributed by atoms with Gasteiger partial charge in [-0.25, -0.2) is 8.42 Å². The Morgan fingerprint density at radius 2 is 1.72 bits per heavy atom.